The van der Waals surface area contributed by atoms with E-state index in [1.54, 1.807) is 16.8 Å². The van der Waals surface area contributed by atoms with E-state index in [4.69, 9.17) is 0 Å². The summed E-state index contributed by atoms with van der Waals surface area (Å²) < 4.78 is 0. The Balaban J connectivity index is 1.91. The minimum Gasteiger partial charge on any atom is -0.480 e. The van der Waals surface area contributed by atoms with Crippen LogP contribution in [0.5, 0.6) is 0 Å². The molecule has 1 unspecified atom stereocenters. The summed E-state index contributed by atoms with van der Waals surface area (Å²) in [6.45, 7) is 2.33. The van der Waals surface area contributed by atoms with Crippen molar-refractivity contribution in [1.29, 1.82) is 0 Å². The standard InChI is InChI=1S/C15H21N3O3/c1-17(10-12-5-3-2-4-6-12)14(19)11-18-8-7-16-9-13(18)15(20)21/h2-6,13,16H,7-11H2,1H3,(H,20,21). The Labute approximate surface area is 124 Å². The molecule has 1 heterocycles. The first-order valence-corrected chi connectivity index (χ1v) is 7.03. The lowest BCUT2D eigenvalue weighted by Gasteiger charge is -2.33. The first-order chi connectivity index (χ1) is 10.1. The van der Waals surface area contributed by atoms with Crippen molar-refractivity contribution in [3.8, 4) is 0 Å². The van der Waals surface area contributed by atoms with Gasteiger partial charge in [0.1, 0.15) is 6.04 Å². The second kappa shape index (κ2) is 7.19. The summed E-state index contributed by atoms with van der Waals surface area (Å²) in [6, 6.07) is 9.11. The van der Waals surface area contributed by atoms with E-state index in [-0.39, 0.29) is 12.5 Å². The maximum atomic E-state index is 12.3. The van der Waals surface area contributed by atoms with Gasteiger partial charge in [0.05, 0.1) is 6.54 Å². The Morgan fingerprint density at radius 2 is 2.10 bits per heavy atom. The van der Waals surface area contributed by atoms with Crippen molar-refractivity contribution >= 4 is 11.9 Å². The fraction of sp³-hybridized carbons (Fsp3) is 0.467. The number of nitrogens with zero attached hydrogens (tertiary/aromatic N) is 2. The lowest BCUT2D eigenvalue weighted by atomic mass is 10.2. The number of carbonyl (C=O) groups is 2. The Bertz CT molecular complexity index is 492. The van der Waals surface area contributed by atoms with Gasteiger partial charge in [0.2, 0.25) is 5.91 Å². The van der Waals surface area contributed by atoms with Gasteiger partial charge in [-0.25, -0.2) is 0 Å². The number of rotatable bonds is 5. The Kier molecular flexibility index (Phi) is 5.30. The van der Waals surface area contributed by atoms with Gasteiger partial charge >= 0.3 is 5.97 Å². The highest BCUT2D eigenvalue weighted by Gasteiger charge is 2.30. The molecule has 2 rings (SSSR count). The van der Waals surface area contributed by atoms with Gasteiger partial charge in [-0.3, -0.25) is 14.5 Å². The topological polar surface area (TPSA) is 72.9 Å². The number of carbonyl (C=O) groups excluding carboxylic acids is 1. The summed E-state index contributed by atoms with van der Waals surface area (Å²) >= 11 is 0. The minimum atomic E-state index is -0.888. The summed E-state index contributed by atoms with van der Waals surface area (Å²) in [7, 11) is 1.74. The minimum absolute atomic E-state index is 0.0630. The number of likely N-dealkylation sites (N-methyl/N-ethyl adjacent to an activating group) is 1. The van der Waals surface area contributed by atoms with Gasteiger partial charge in [0.25, 0.3) is 0 Å². The molecule has 6 heteroatoms. The molecule has 1 aliphatic rings. The number of benzene rings is 1. The van der Waals surface area contributed by atoms with Crippen LogP contribution in [0.3, 0.4) is 0 Å². The number of nitrogens with one attached hydrogen (secondary N) is 1. The molecule has 0 aliphatic carbocycles. The normalized spacial score (nSPS) is 19.2. The number of amides is 1. The Hall–Kier alpha value is -1.92. The van der Waals surface area contributed by atoms with Gasteiger partial charge in [0, 0.05) is 33.2 Å². The van der Waals surface area contributed by atoms with Crippen LogP contribution in [0.25, 0.3) is 0 Å². The van der Waals surface area contributed by atoms with E-state index in [2.05, 4.69) is 5.32 Å². The highest BCUT2D eigenvalue weighted by Crippen LogP contribution is 2.07. The molecule has 0 spiro atoms. The summed E-state index contributed by atoms with van der Waals surface area (Å²) in [5.74, 6) is -0.951. The Morgan fingerprint density at radius 3 is 2.76 bits per heavy atom. The van der Waals surface area contributed by atoms with Gasteiger partial charge in [-0.1, -0.05) is 30.3 Å². The van der Waals surface area contributed by atoms with Crippen LogP contribution in [0.2, 0.25) is 0 Å². The van der Waals surface area contributed by atoms with E-state index < -0.39 is 12.0 Å². The average Bonchev–Trinajstić information content (AvgIpc) is 2.48. The number of carboxylic acids is 1. The zero-order chi connectivity index (χ0) is 15.2. The number of piperazine rings is 1. The van der Waals surface area contributed by atoms with Crippen LogP contribution in [0.4, 0.5) is 0 Å². The predicted molar refractivity (Wildman–Crippen MR) is 78.8 cm³/mol. The first-order valence-electron chi connectivity index (χ1n) is 7.03. The predicted octanol–water partition coefficient (Wildman–Crippen LogP) is 0.00340. The third kappa shape index (κ3) is 4.27. The van der Waals surface area contributed by atoms with E-state index in [1.807, 2.05) is 30.3 Å². The lowest BCUT2D eigenvalue weighted by Crippen LogP contribution is -2.57. The molecule has 1 aliphatic heterocycles. The van der Waals surface area contributed by atoms with Crippen molar-refractivity contribution < 1.29 is 14.7 Å². The summed E-state index contributed by atoms with van der Waals surface area (Å²) in [4.78, 5) is 26.8. The number of hydrogen-bond acceptors (Lipinski definition) is 4. The molecule has 0 radical (unpaired) electrons. The van der Waals surface area contributed by atoms with Crippen molar-refractivity contribution in [2.24, 2.45) is 0 Å². The smallest absolute Gasteiger partial charge is 0.322 e. The quantitative estimate of drug-likeness (QED) is 0.799. The van der Waals surface area contributed by atoms with Crippen molar-refractivity contribution in [3.63, 3.8) is 0 Å². The van der Waals surface area contributed by atoms with E-state index in [0.717, 1.165) is 5.56 Å². The molecule has 0 saturated carbocycles. The zero-order valence-corrected chi connectivity index (χ0v) is 12.2. The van der Waals surface area contributed by atoms with Gasteiger partial charge < -0.3 is 15.3 Å². The molecule has 114 valence electrons. The first kappa shape index (κ1) is 15.5. The van der Waals surface area contributed by atoms with E-state index in [0.29, 0.717) is 26.2 Å². The molecular weight excluding hydrogens is 270 g/mol. The summed E-state index contributed by atoms with van der Waals surface area (Å²) in [5.41, 5.74) is 1.06. The monoisotopic (exact) mass is 291 g/mol. The van der Waals surface area contributed by atoms with Gasteiger partial charge in [0.15, 0.2) is 0 Å². The second-order valence-electron chi connectivity index (χ2n) is 5.26. The molecule has 1 aromatic carbocycles. The maximum absolute atomic E-state index is 12.3. The molecule has 1 fully saturated rings. The van der Waals surface area contributed by atoms with Crippen molar-refractivity contribution in [1.82, 2.24) is 15.1 Å². The molecule has 0 aromatic heterocycles. The fourth-order valence-corrected chi connectivity index (χ4v) is 2.42. The van der Waals surface area contributed by atoms with E-state index >= 15 is 0 Å². The van der Waals surface area contributed by atoms with Crippen molar-refractivity contribution in [2.75, 3.05) is 33.2 Å². The third-order valence-corrected chi connectivity index (χ3v) is 3.67. The van der Waals surface area contributed by atoms with Crippen molar-refractivity contribution in [2.45, 2.75) is 12.6 Å². The lowest BCUT2D eigenvalue weighted by molar-refractivity contribution is -0.145. The van der Waals surface area contributed by atoms with Crippen molar-refractivity contribution in [3.05, 3.63) is 35.9 Å². The number of hydrogen-bond donors (Lipinski definition) is 2. The SMILES string of the molecule is CN(Cc1ccccc1)C(=O)CN1CCNCC1C(=O)O. The fourth-order valence-electron chi connectivity index (χ4n) is 2.42. The van der Waals surface area contributed by atoms with Crippen LogP contribution in [0.1, 0.15) is 5.56 Å². The Morgan fingerprint density at radius 1 is 1.38 bits per heavy atom. The molecule has 1 saturated heterocycles. The van der Waals surface area contributed by atoms with Gasteiger partial charge in [-0.15, -0.1) is 0 Å². The highest BCUT2D eigenvalue weighted by molar-refractivity contribution is 5.80. The van der Waals surface area contributed by atoms with Crippen LogP contribution in [-0.4, -0.2) is 66.1 Å². The third-order valence-electron chi connectivity index (χ3n) is 3.67. The van der Waals surface area contributed by atoms with Crippen LogP contribution >= 0.6 is 0 Å². The van der Waals surface area contributed by atoms with E-state index in [9.17, 15) is 14.7 Å². The summed E-state index contributed by atoms with van der Waals surface area (Å²) in [5, 5.41) is 12.2. The summed E-state index contributed by atoms with van der Waals surface area (Å²) in [6.07, 6.45) is 0. The molecule has 6 nitrogen and oxygen atoms in total. The van der Waals surface area contributed by atoms with Crippen LogP contribution in [0.15, 0.2) is 30.3 Å². The second-order valence-corrected chi connectivity index (χ2v) is 5.26. The molecule has 1 atom stereocenters. The molecule has 1 aromatic rings. The highest BCUT2D eigenvalue weighted by atomic mass is 16.4. The zero-order valence-electron chi connectivity index (χ0n) is 12.2. The van der Waals surface area contributed by atoms with Gasteiger partial charge in [-0.2, -0.15) is 0 Å². The van der Waals surface area contributed by atoms with E-state index in [1.165, 1.54) is 0 Å². The molecule has 1 amide bonds. The largest absolute Gasteiger partial charge is 0.480 e. The van der Waals surface area contributed by atoms with Crippen LogP contribution in [-0.2, 0) is 16.1 Å². The number of aliphatic carboxylic acids is 1. The average molecular weight is 291 g/mol. The molecule has 21 heavy (non-hydrogen) atoms. The molecule has 0 bridgehead atoms. The number of carboxylic acid groups (broad SMARTS) is 1. The maximum Gasteiger partial charge on any atom is 0.322 e. The van der Waals surface area contributed by atoms with Gasteiger partial charge in [-0.05, 0) is 5.56 Å². The molecule has 2 N–H and O–H groups in total. The van der Waals surface area contributed by atoms with Crippen LogP contribution in [0, 0.1) is 0 Å². The molecular formula is C15H21N3O3. The van der Waals surface area contributed by atoms with Crippen LogP contribution < -0.4 is 5.32 Å².